The van der Waals surface area contributed by atoms with Crippen molar-refractivity contribution in [3.63, 3.8) is 0 Å². The van der Waals surface area contributed by atoms with Crippen molar-refractivity contribution >= 4 is 0 Å². The summed E-state index contributed by atoms with van der Waals surface area (Å²) in [6, 6.07) is 2.08. The van der Waals surface area contributed by atoms with Crippen LogP contribution in [-0.4, -0.2) is 18.3 Å². The molecule has 0 aliphatic heterocycles. The van der Waals surface area contributed by atoms with Gasteiger partial charge in [-0.3, -0.25) is 0 Å². The Labute approximate surface area is 101 Å². The Morgan fingerprint density at radius 2 is 2.00 bits per heavy atom. The van der Waals surface area contributed by atoms with Crippen molar-refractivity contribution in [2.45, 2.75) is 32.7 Å². The maximum atomic E-state index is 13.7. The van der Waals surface area contributed by atoms with Crippen molar-refractivity contribution in [3.05, 3.63) is 34.9 Å². The number of aliphatic hydroxyl groups is 1. The van der Waals surface area contributed by atoms with E-state index in [1.54, 1.807) is 0 Å². The molecule has 0 fully saturated rings. The van der Waals surface area contributed by atoms with Gasteiger partial charge in [0.1, 0.15) is 11.6 Å². The normalized spacial score (nSPS) is 12.8. The Morgan fingerprint density at radius 1 is 1.29 bits per heavy atom. The second-order valence-corrected chi connectivity index (χ2v) is 4.14. The first kappa shape index (κ1) is 14.1. The van der Waals surface area contributed by atoms with Crippen LogP contribution in [0.25, 0.3) is 0 Å². The molecule has 0 amide bonds. The lowest BCUT2D eigenvalue weighted by atomic mass is 10.0. The Morgan fingerprint density at radius 3 is 2.59 bits per heavy atom. The molecule has 2 N–H and O–H groups in total. The molecule has 0 aliphatic carbocycles. The average molecular weight is 243 g/mol. The first-order chi connectivity index (χ1) is 8.10. The second kappa shape index (κ2) is 6.67. The zero-order chi connectivity index (χ0) is 12.8. The Kier molecular flexibility index (Phi) is 5.51. The van der Waals surface area contributed by atoms with Gasteiger partial charge in [-0.25, -0.2) is 8.78 Å². The smallest absolute Gasteiger partial charge is 0.128 e. The van der Waals surface area contributed by atoms with Gasteiger partial charge in [0.25, 0.3) is 0 Å². The van der Waals surface area contributed by atoms with Crippen molar-refractivity contribution in [1.82, 2.24) is 5.32 Å². The van der Waals surface area contributed by atoms with E-state index in [0.29, 0.717) is 18.5 Å². The highest BCUT2D eigenvalue weighted by Crippen LogP contribution is 2.23. The monoisotopic (exact) mass is 243 g/mol. The molecule has 0 radical (unpaired) electrons. The predicted molar refractivity (Wildman–Crippen MR) is 63.8 cm³/mol. The fourth-order valence-corrected chi connectivity index (χ4v) is 1.74. The lowest BCUT2D eigenvalue weighted by Crippen LogP contribution is -2.24. The van der Waals surface area contributed by atoms with Gasteiger partial charge in [0, 0.05) is 18.2 Å². The van der Waals surface area contributed by atoms with E-state index in [1.807, 2.05) is 6.92 Å². The lowest BCUT2D eigenvalue weighted by Gasteiger charge is -2.19. The number of hydrogen-bond acceptors (Lipinski definition) is 2. The summed E-state index contributed by atoms with van der Waals surface area (Å²) < 4.78 is 27.2. The maximum absolute atomic E-state index is 13.7. The quantitative estimate of drug-likeness (QED) is 0.805. The molecule has 2 nitrogen and oxygen atoms in total. The highest BCUT2D eigenvalue weighted by molar-refractivity contribution is 5.27. The van der Waals surface area contributed by atoms with Crippen LogP contribution in [0.5, 0.6) is 0 Å². The molecule has 0 heterocycles. The molecule has 1 aromatic rings. The van der Waals surface area contributed by atoms with Crippen LogP contribution in [0, 0.1) is 18.6 Å². The van der Waals surface area contributed by atoms with E-state index in [0.717, 1.165) is 6.42 Å². The second-order valence-electron chi connectivity index (χ2n) is 4.14. The topological polar surface area (TPSA) is 32.3 Å². The number of hydrogen-bond donors (Lipinski definition) is 2. The number of halogens is 2. The summed E-state index contributed by atoms with van der Waals surface area (Å²) in [5, 5.41) is 12.1. The first-order valence-electron chi connectivity index (χ1n) is 5.90. The number of aliphatic hydroxyl groups excluding tert-OH is 1. The minimum Gasteiger partial charge on any atom is -0.396 e. The van der Waals surface area contributed by atoms with Gasteiger partial charge in [0.05, 0.1) is 0 Å². The highest BCUT2D eigenvalue weighted by atomic mass is 19.1. The molecule has 96 valence electrons. The molecule has 4 heteroatoms. The summed E-state index contributed by atoms with van der Waals surface area (Å²) in [6.07, 6.45) is 1.28. The van der Waals surface area contributed by atoms with Gasteiger partial charge in [-0.1, -0.05) is 6.92 Å². The molecular weight excluding hydrogens is 224 g/mol. The van der Waals surface area contributed by atoms with Gasteiger partial charge in [0.15, 0.2) is 0 Å². The van der Waals surface area contributed by atoms with E-state index in [4.69, 9.17) is 5.11 Å². The SMILES string of the molecule is CCCNC(CCO)c1cc(F)c(C)cc1F. The van der Waals surface area contributed by atoms with Gasteiger partial charge in [0.2, 0.25) is 0 Å². The van der Waals surface area contributed by atoms with Gasteiger partial charge >= 0.3 is 0 Å². The minimum absolute atomic E-state index is 0.0592. The van der Waals surface area contributed by atoms with E-state index in [2.05, 4.69) is 5.32 Å². The van der Waals surface area contributed by atoms with Gasteiger partial charge in [-0.15, -0.1) is 0 Å². The maximum Gasteiger partial charge on any atom is 0.128 e. The molecule has 0 bridgehead atoms. The molecular formula is C13H19F2NO. The minimum atomic E-state index is -0.425. The van der Waals surface area contributed by atoms with Gasteiger partial charge < -0.3 is 10.4 Å². The first-order valence-corrected chi connectivity index (χ1v) is 5.90. The number of benzene rings is 1. The molecule has 0 spiro atoms. The van der Waals surface area contributed by atoms with Crippen molar-refractivity contribution in [3.8, 4) is 0 Å². The van der Waals surface area contributed by atoms with Crippen LogP contribution in [0.2, 0.25) is 0 Å². The standard InChI is InChI=1S/C13H19F2NO/c1-3-5-16-13(4-6-17)10-8-11(14)9(2)7-12(10)15/h7-8,13,16-17H,3-6H2,1-2H3. The Bertz CT molecular complexity index is 369. The van der Waals surface area contributed by atoms with Crippen molar-refractivity contribution < 1.29 is 13.9 Å². The Balaban J connectivity index is 2.96. The summed E-state index contributed by atoms with van der Waals surface area (Å²) in [4.78, 5) is 0. The van der Waals surface area contributed by atoms with E-state index >= 15 is 0 Å². The summed E-state index contributed by atoms with van der Waals surface area (Å²) in [6.45, 7) is 4.17. The predicted octanol–water partition coefficient (Wildman–Crippen LogP) is 2.70. The van der Waals surface area contributed by atoms with Crippen LogP contribution in [0.1, 0.15) is 36.9 Å². The summed E-state index contributed by atoms with van der Waals surface area (Å²) in [5.41, 5.74) is 0.583. The number of rotatable bonds is 6. The fraction of sp³-hybridized carbons (Fsp3) is 0.538. The average Bonchev–Trinajstić information content (AvgIpc) is 2.29. The summed E-state index contributed by atoms with van der Waals surface area (Å²) >= 11 is 0. The molecule has 0 aromatic heterocycles. The molecule has 1 rings (SSSR count). The van der Waals surface area contributed by atoms with Crippen molar-refractivity contribution in [2.24, 2.45) is 0 Å². The third-order valence-corrected chi connectivity index (χ3v) is 2.71. The summed E-state index contributed by atoms with van der Waals surface area (Å²) in [7, 11) is 0. The third-order valence-electron chi connectivity index (χ3n) is 2.71. The molecule has 0 saturated carbocycles. The molecule has 0 saturated heterocycles. The number of aryl methyl sites for hydroxylation is 1. The van der Waals surface area contributed by atoms with Crippen LogP contribution < -0.4 is 5.32 Å². The van der Waals surface area contributed by atoms with Crippen molar-refractivity contribution in [1.29, 1.82) is 0 Å². The van der Waals surface area contributed by atoms with Crippen LogP contribution in [0.4, 0.5) is 8.78 Å². The van der Waals surface area contributed by atoms with Crippen LogP contribution in [0.3, 0.4) is 0 Å². The Hall–Kier alpha value is -1.00. The third kappa shape index (κ3) is 3.75. The zero-order valence-electron chi connectivity index (χ0n) is 10.3. The van der Waals surface area contributed by atoms with Crippen LogP contribution >= 0.6 is 0 Å². The molecule has 1 unspecified atom stereocenters. The van der Waals surface area contributed by atoms with E-state index in [1.165, 1.54) is 19.1 Å². The summed E-state index contributed by atoms with van der Waals surface area (Å²) in [5.74, 6) is -0.839. The van der Waals surface area contributed by atoms with E-state index in [9.17, 15) is 8.78 Å². The highest BCUT2D eigenvalue weighted by Gasteiger charge is 2.16. The van der Waals surface area contributed by atoms with Gasteiger partial charge in [-0.2, -0.15) is 0 Å². The van der Waals surface area contributed by atoms with Crippen LogP contribution in [0.15, 0.2) is 12.1 Å². The molecule has 17 heavy (non-hydrogen) atoms. The lowest BCUT2D eigenvalue weighted by molar-refractivity contribution is 0.264. The number of nitrogens with one attached hydrogen (secondary N) is 1. The zero-order valence-corrected chi connectivity index (χ0v) is 10.3. The van der Waals surface area contributed by atoms with E-state index in [-0.39, 0.29) is 18.2 Å². The largest absolute Gasteiger partial charge is 0.396 e. The molecule has 1 atom stereocenters. The van der Waals surface area contributed by atoms with Crippen molar-refractivity contribution in [2.75, 3.05) is 13.2 Å². The van der Waals surface area contributed by atoms with E-state index < -0.39 is 11.6 Å². The van der Waals surface area contributed by atoms with Crippen LogP contribution in [-0.2, 0) is 0 Å². The fourth-order valence-electron chi connectivity index (χ4n) is 1.74. The van der Waals surface area contributed by atoms with Gasteiger partial charge in [-0.05, 0) is 44.0 Å². The molecule has 1 aromatic carbocycles. The molecule has 0 aliphatic rings.